The lowest BCUT2D eigenvalue weighted by Crippen LogP contribution is -2.42. The highest BCUT2D eigenvalue weighted by molar-refractivity contribution is 7.99. The van der Waals surface area contributed by atoms with Crippen LogP contribution in [0, 0.1) is 11.8 Å². The molecule has 2 fully saturated rings. The van der Waals surface area contributed by atoms with Gasteiger partial charge in [0.05, 0.1) is 0 Å². The molecule has 2 aliphatic rings. The molecule has 0 spiro atoms. The Labute approximate surface area is 103 Å². The number of carbonyl (C=O) groups excluding carboxylic acids is 1. The minimum absolute atomic E-state index is 0.332. The van der Waals surface area contributed by atoms with E-state index in [4.69, 9.17) is 0 Å². The zero-order chi connectivity index (χ0) is 11.5. The molecule has 3 unspecified atom stereocenters. The molecule has 3 heteroatoms. The van der Waals surface area contributed by atoms with Crippen LogP contribution in [0.1, 0.15) is 33.1 Å². The van der Waals surface area contributed by atoms with Crippen molar-refractivity contribution in [2.45, 2.75) is 38.4 Å². The van der Waals surface area contributed by atoms with Gasteiger partial charge in [0.15, 0.2) is 0 Å². The predicted molar refractivity (Wildman–Crippen MR) is 69.9 cm³/mol. The van der Waals surface area contributed by atoms with Gasteiger partial charge in [-0.05, 0) is 18.8 Å². The minimum atomic E-state index is 0.332. The second kappa shape index (κ2) is 5.54. The lowest BCUT2D eigenvalue weighted by Gasteiger charge is -2.35. The number of thioether (sulfide) groups is 1. The van der Waals surface area contributed by atoms with Crippen molar-refractivity contribution < 1.29 is 4.79 Å². The topological polar surface area (TPSA) is 20.3 Å². The van der Waals surface area contributed by atoms with Gasteiger partial charge in [-0.2, -0.15) is 11.8 Å². The van der Waals surface area contributed by atoms with Gasteiger partial charge >= 0.3 is 0 Å². The molecule has 1 aliphatic carbocycles. The Morgan fingerprint density at radius 3 is 3.00 bits per heavy atom. The highest BCUT2D eigenvalue weighted by atomic mass is 32.2. The van der Waals surface area contributed by atoms with Crippen molar-refractivity contribution in [2.24, 2.45) is 11.8 Å². The molecule has 0 aromatic heterocycles. The van der Waals surface area contributed by atoms with Gasteiger partial charge in [0.1, 0.15) is 5.78 Å². The first-order valence-electron chi connectivity index (χ1n) is 6.52. The van der Waals surface area contributed by atoms with E-state index in [2.05, 4.69) is 30.5 Å². The average Bonchev–Trinajstić information content (AvgIpc) is 2.24. The van der Waals surface area contributed by atoms with Crippen molar-refractivity contribution in [3.8, 4) is 0 Å². The number of hydrogen-bond donors (Lipinski definition) is 0. The van der Waals surface area contributed by atoms with E-state index < -0.39 is 0 Å². The van der Waals surface area contributed by atoms with Crippen molar-refractivity contribution in [1.29, 1.82) is 0 Å². The molecule has 1 saturated heterocycles. The second-order valence-electron chi connectivity index (χ2n) is 5.48. The molecule has 3 atom stereocenters. The van der Waals surface area contributed by atoms with Crippen LogP contribution in [-0.4, -0.2) is 41.3 Å². The summed E-state index contributed by atoms with van der Waals surface area (Å²) in [5, 5.41) is 0.741. The third kappa shape index (κ3) is 3.24. The van der Waals surface area contributed by atoms with Crippen LogP contribution >= 0.6 is 11.8 Å². The van der Waals surface area contributed by atoms with Crippen LogP contribution in [-0.2, 0) is 4.79 Å². The Morgan fingerprint density at radius 1 is 1.44 bits per heavy atom. The molecule has 0 aromatic carbocycles. The summed E-state index contributed by atoms with van der Waals surface area (Å²) in [5.74, 6) is 2.83. The van der Waals surface area contributed by atoms with E-state index >= 15 is 0 Å². The van der Waals surface area contributed by atoms with Crippen molar-refractivity contribution in [2.75, 3.05) is 25.4 Å². The molecule has 0 bridgehead atoms. The standard InChI is InChI=1S/C13H23NOS/c1-10-3-4-13(15)12(7-10)9-14-5-6-16-11(2)8-14/h10-12H,3-9H2,1-2H3. The van der Waals surface area contributed by atoms with Gasteiger partial charge in [0.2, 0.25) is 0 Å². The fraction of sp³-hybridized carbons (Fsp3) is 0.923. The van der Waals surface area contributed by atoms with Crippen LogP contribution in [0.25, 0.3) is 0 Å². The van der Waals surface area contributed by atoms with Crippen molar-refractivity contribution in [1.82, 2.24) is 4.90 Å². The number of nitrogens with zero attached hydrogens (tertiary/aromatic N) is 1. The molecule has 1 saturated carbocycles. The van der Waals surface area contributed by atoms with E-state index in [1.54, 1.807) is 0 Å². The van der Waals surface area contributed by atoms with Crippen molar-refractivity contribution in [3.05, 3.63) is 0 Å². The first-order chi connectivity index (χ1) is 7.65. The smallest absolute Gasteiger partial charge is 0.137 e. The van der Waals surface area contributed by atoms with Crippen LogP contribution < -0.4 is 0 Å². The molecule has 0 aromatic rings. The maximum absolute atomic E-state index is 11.9. The lowest BCUT2D eigenvalue weighted by atomic mass is 9.81. The van der Waals surface area contributed by atoms with E-state index in [1.807, 2.05) is 0 Å². The number of ketones is 1. The Hall–Kier alpha value is -0.0200. The molecular weight excluding hydrogens is 218 g/mol. The first-order valence-corrected chi connectivity index (χ1v) is 7.56. The van der Waals surface area contributed by atoms with Gasteiger partial charge in [0.25, 0.3) is 0 Å². The van der Waals surface area contributed by atoms with E-state index in [-0.39, 0.29) is 0 Å². The third-order valence-electron chi connectivity index (χ3n) is 3.83. The van der Waals surface area contributed by atoms with Crippen LogP contribution in [0.2, 0.25) is 0 Å². The summed E-state index contributed by atoms with van der Waals surface area (Å²) in [5.41, 5.74) is 0. The largest absolute Gasteiger partial charge is 0.301 e. The van der Waals surface area contributed by atoms with E-state index in [0.29, 0.717) is 11.7 Å². The molecule has 1 heterocycles. The Kier molecular flexibility index (Phi) is 4.31. The monoisotopic (exact) mass is 241 g/mol. The maximum Gasteiger partial charge on any atom is 0.137 e. The Bertz CT molecular complexity index is 256. The first kappa shape index (κ1) is 12.4. The zero-order valence-electron chi connectivity index (χ0n) is 10.4. The third-order valence-corrected chi connectivity index (χ3v) is 4.97. The molecule has 0 radical (unpaired) electrons. The SMILES string of the molecule is CC1CCC(=O)C(CN2CCSC(C)C2)C1. The fourth-order valence-electron chi connectivity index (χ4n) is 2.87. The number of Topliss-reactive ketones (excluding diaryl/α,β-unsaturated/α-hetero) is 1. The maximum atomic E-state index is 11.9. The predicted octanol–water partition coefficient (Wildman–Crippen LogP) is 2.43. The van der Waals surface area contributed by atoms with Crippen molar-refractivity contribution in [3.63, 3.8) is 0 Å². The van der Waals surface area contributed by atoms with Gasteiger partial charge in [-0.25, -0.2) is 0 Å². The van der Waals surface area contributed by atoms with Crippen LogP contribution in [0.3, 0.4) is 0 Å². The van der Waals surface area contributed by atoms with Gasteiger partial charge in [-0.15, -0.1) is 0 Å². The summed E-state index contributed by atoms with van der Waals surface area (Å²) in [4.78, 5) is 14.4. The quantitative estimate of drug-likeness (QED) is 0.740. The summed E-state index contributed by atoms with van der Waals surface area (Å²) in [6, 6.07) is 0. The molecule has 2 rings (SSSR count). The number of carbonyl (C=O) groups is 1. The molecule has 1 aliphatic heterocycles. The molecule has 0 N–H and O–H groups in total. The highest BCUT2D eigenvalue weighted by Crippen LogP contribution is 2.28. The lowest BCUT2D eigenvalue weighted by molar-refractivity contribution is -0.126. The van der Waals surface area contributed by atoms with E-state index in [1.165, 1.54) is 18.8 Å². The summed E-state index contributed by atoms with van der Waals surface area (Å²) in [7, 11) is 0. The normalized spacial score (nSPS) is 37.6. The Morgan fingerprint density at radius 2 is 2.25 bits per heavy atom. The molecule has 16 heavy (non-hydrogen) atoms. The zero-order valence-corrected chi connectivity index (χ0v) is 11.3. The van der Waals surface area contributed by atoms with Crippen molar-refractivity contribution >= 4 is 17.5 Å². The van der Waals surface area contributed by atoms with Gasteiger partial charge in [-0.3, -0.25) is 4.79 Å². The highest BCUT2D eigenvalue weighted by Gasteiger charge is 2.29. The molecule has 0 amide bonds. The number of hydrogen-bond acceptors (Lipinski definition) is 3. The molecule has 2 nitrogen and oxygen atoms in total. The van der Waals surface area contributed by atoms with E-state index in [0.717, 1.165) is 37.0 Å². The second-order valence-corrected chi connectivity index (χ2v) is 7.03. The van der Waals surface area contributed by atoms with Gasteiger partial charge in [-0.1, -0.05) is 13.8 Å². The Balaban J connectivity index is 1.85. The van der Waals surface area contributed by atoms with Gasteiger partial charge in [0, 0.05) is 43.0 Å². The average molecular weight is 241 g/mol. The van der Waals surface area contributed by atoms with Crippen LogP contribution in [0.4, 0.5) is 0 Å². The van der Waals surface area contributed by atoms with Gasteiger partial charge < -0.3 is 4.90 Å². The summed E-state index contributed by atoms with van der Waals surface area (Å²) >= 11 is 2.06. The molecule has 92 valence electrons. The summed E-state index contributed by atoms with van der Waals surface area (Å²) < 4.78 is 0. The minimum Gasteiger partial charge on any atom is -0.301 e. The molecular formula is C13H23NOS. The van der Waals surface area contributed by atoms with Crippen LogP contribution in [0.15, 0.2) is 0 Å². The summed E-state index contributed by atoms with van der Waals surface area (Å²) in [6.07, 6.45) is 3.06. The fourth-order valence-corrected chi connectivity index (χ4v) is 3.95. The summed E-state index contributed by atoms with van der Waals surface area (Å²) in [6.45, 7) is 7.94. The number of rotatable bonds is 2. The van der Waals surface area contributed by atoms with Crippen LogP contribution in [0.5, 0.6) is 0 Å². The van der Waals surface area contributed by atoms with E-state index in [9.17, 15) is 4.79 Å².